The summed E-state index contributed by atoms with van der Waals surface area (Å²) in [6, 6.07) is 14.2. The van der Waals surface area contributed by atoms with E-state index in [-0.39, 0.29) is 30.0 Å². The molecule has 1 aliphatic heterocycles. The van der Waals surface area contributed by atoms with Crippen LogP contribution in [0.2, 0.25) is 5.02 Å². The number of aliphatic imine (C=N–C) groups is 1. The topological polar surface area (TPSA) is 62.9 Å². The Morgan fingerprint density at radius 1 is 1.35 bits per heavy atom. The van der Waals surface area contributed by atoms with Gasteiger partial charge in [-0.25, -0.2) is 0 Å². The van der Waals surface area contributed by atoms with Gasteiger partial charge in [0, 0.05) is 24.0 Å². The van der Waals surface area contributed by atoms with Crippen molar-refractivity contribution in [3.05, 3.63) is 53.1 Å². The minimum absolute atomic E-state index is 0. The van der Waals surface area contributed by atoms with E-state index in [1.807, 2.05) is 6.07 Å². The summed E-state index contributed by atoms with van der Waals surface area (Å²) in [6.45, 7) is 3.82. The second kappa shape index (κ2) is 9.32. The second-order valence-electron chi connectivity index (χ2n) is 6.12. The molecule has 0 aromatic heterocycles. The number of nitrogens with one attached hydrogen (secondary N) is 1. The molecule has 0 saturated heterocycles. The van der Waals surface area contributed by atoms with Gasteiger partial charge in [-0.15, -0.1) is 24.0 Å². The lowest BCUT2D eigenvalue weighted by molar-refractivity contribution is 0.415. The lowest BCUT2D eigenvalue weighted by Crippen LogP contribution is -2.35. The average molecular weight is 487 g/mol. The highest BCUT2D eigenvalue weighted by Crippen LogP contribution is 2.29. The van der Waals surface area contributed by atoms with E-state index in [0.717, 1.165) is 18.7 Å². The third kappa shape index (κ3) is 4.73. The molecule has 26 heavy (non-hydrogen) atoms. The number of para-hydroxylation sites is 1. The molecule has 3 rings (SSSR count). The summed E-state index contributed by atoms with van der Waals surface area (Å²) in [5.74, 6) is 1.00. The predicted molar refractivity (Wildman–Crippen MR) is 120 cm³/mol. The van der Waals surface area contributed by atoms with Crippen molar-refractivity contribution in [2.75, 3.05) is 30.4 Å². The first-order valence-electron chi connectivity index (χ1n) is 8.33. The standard InChI is InChI=1S/C19H23ClN4O.HI/c1-13(24-10-9-14-5-3-4-6-17(14)24)12-22-19(21)23-15-7-8-18(25-2)16(20)11-15;/h3-8,11,13H,9-10,12H2,1-2H3,(H3,21,22,23);1H. The summed E-state index contributed by atoms with van der Waals surface area (Å²) >= 11 is 6.12. The summed E-state index contributed by atoms with van der Waals surface area (Å²) in [6.07, 6.45) is 1.09. The molecule has 0 fully saturated rings. The molecule has 1 aliphatic rings. The predicted octanol–water partition coefficient (Wildman–Crippen LogP) is 4.14. The minimum Gasteiger partial charge on any atom is -0.495 e. The quantitative estimate of drug-likeness (QED) is 0.379. The van der Waals surface area contributed by atoms with Crippen molar-refractivity contribution in [3.63, 3.8) is 0 Å². The van der Waals surface area contributed by atoms with Gasteiger partial charge in [-0.05, 0) is 43.2 Å². The normalized spacial score (nSPS) is 14.4. The lowest BCUT2D eigenvalue weighted by Gasteiger charge is -2.26. The Bertz CT molecular complexity index is 784. The van der Waals surface area contributed by atoms with Crippen LogP contribution in [0.4, 0.5) is 11.4 Å². The minimum atomic E-state index is 0. The molecule has 2 aromatic rings. The van der Waals surface area contributed by atoms with Crippen LogP contribution < -0.4 is 20.7 Å². The number of anilines is 2. The number of halogens is 2. The summed E-state index contributed by atoms with van der Waals surface area (Å²) in [5, 5.41) is 3.60. The van der Waals surface area contributed by atoms with Crippen LogP contribution in [0.1, 0.15) is 12.5 Å². The van der Waals surface area contributed by atoms with Crippen molar-refractivity contribution in [1.82, 2.24) is 0 Å². The fraction of sp³-hybridized carbons (Fsp3) is 0.316. The summed E-state index contributed by atoms with van der Waals surface area (Å²) in [7, 11) is 1.59. The number of guanidine groups is 1. The molecule has 0 saturated carbocycles. The highest BCUT2D eigenvalue weighted by molar-refractivity contribution is 14.0. The maximum absolute atomic E-state index is 6.12. The third-order valence-corrected chi connectivity index (χ3v) is 4.70. The molecule has 0 amide bonds. The molecule has 3 N–H and O–H groups in total. The van der Waals surface area contributed by atoms with E-state index in [2.05, 4.69) is 46.4 Å². The van der Waals surface area contributed by atoms with Gasteiger partial charge in [0.2, 0.25) is 0 Å². The van der Waals surface area contributed by atoms with Gasteiger partial charge in [-0.2, -0.15) is 0 Å². The van der Waals surface area contributed by atoms with E-state index < -0.39 is 0 Å². The van der Waals surface area contributed by atoms with Gasteiger partial charge in [0.15, 0.2) is 5.96 Å². The number of hydrogen-bond donors (Lipinski definition) is 2. The first kappa shape index (κ1) is 20.6. The van der Waals surface area contributed by atoms with Crippen LogP contribution in [0.15, 0.2) is 47.5 Å². The fourth-order valence-corrected chi connectivity index (χ4v) is 3.34. The first-order valence-corrected chi connectivity index (χ1v) is 8.71. The van der Waals surface area contributed by atoms with E-state index in [4.69, 9.17) is 22.1 Å². The van der Waals surface area contributed by atoms with E-state index in [1.54, 1.807) is 19.2 Å². The number of hydrogen-bond acceptors (Lipinski definition) is 3. The molecule has 0 radical (unpaired) electrons. The van der Waals surface area contributed by atoms with Crippen LogP contribution in [-0.4, -0.2) is 32.2 Å². The molecule has 0 spiro atoms. The Balaban J connectivity index is 0.00000243. The molecule has 5 nitrogen and oxygen atoms in total. The fourth-order valence-electron chi connectivity index (χ4n) is 3.08. The summed E-state index contributed by atoms with van der Waals surface area (Å²) < 4.78 is 5.14. The molecule has 2 aromatic carbocycles. The van der Waals surface area contributed by atoms with Crippen molar-refractivity contribution in [3.8, 4) is 5.75 Å². The molecule has 1 heterocycles. The highest BCUT2D eigenvalue weighted by Gasteiger charge is 2.22. The Hall–Kier alpha value is -1.67. The van der Waals surface area contributed by atoms with Crippen LogP contribution in [0.3, 0.4) is 0 Å². The average Bonchev–Trinajstić information content (AvgIpc) is 3.04. The molecule has 1 unspecified atom stereocenters. The number of methoxy groups -OCH3 is 1. The van der Waals surface area contributed by atoms with Gasteiger partial charge < -0.3 is 20.7 Å². The van der Waals surface area contributed by atoms with Crippen molar-refractivity contribution in [2.45, 2.75) is 19.4 Å². The highest BCUT2D eigenvalue weighted by atomic mass is 127. The van der Waals surface area contributed by atoms with E-state index in [9.17, 15) is 0 Å². The Morgan fingerprint density at radius 3 is 2.85 bits per heavy atom. The Morgan fingerprint density at radius 2 is 2.12 bits per heavy atom. The smallest absolute Gasteiger partial charge is 0.193 e. The molecule has 140 valence electrons. The number of nitrogens with two attached hydrogens (primary N) is 1. The van der Waals surface area contributed by atoms with E-state index in [0.29, 0.717) is 23.3 Å². The maximum atomic E-state index is 6.12. The third-order valence-electron chi connectivity index (χ3n) is 4.41. The zero-order chi connectivity index (χ0) is 17.8. The second-order valence-corrected chi connectivity index (χ2v) is 6.53. The van der Waals surface area contributed by atoms with Crippen molar-refractivity contribution < 1.29 is 4.74 Å². The lowest BCUT2D eigenvalue weighted by atomic mass is 10.2. The van der Waals surface area contributed by atoms with Crippen molar-refractivity contribution >= 4 is 52.9 Å². The van der Waals surface area contributed by atoms with Crippen molar-refractivity contribution in [2.24, 2.45) is 10.7 Å². The van der Waals surface area contributed by atoms with Gasteiger partial charge in [-0.1, -0.05) is 29.8 Å². The van der Waals surface area contributed by atoms with Crippen LogP contribution in [0.25, 0.3) is 0 Å². The maximum Gasteiger partial charge on any atom is 0.193 e. The van der Waals surface area contributed by atoms with Gasteiger partial charge in [0.1, 0.15) is 5.75 Å². The summed E-state index contributed by atoms with van der Waals surface area (Å²) in [5.41, 5.74) is 9.50. The SMILES string of the molecule is COc1ccc(NC(N)=NCC(C)N2CCc3ccccc32)cc1Cl.I. The number of rotatable bonds is 5. The molecular formula is C19H24ClIN4O. The van der Waals surface area contributed by atoms with Crippen LogP contribution in [-0.2, 0) is 6.42 Å². The van der Waals surface area contributed by atoms with E-state index >= 15 is 0 Å². The molecule has 0 bridgehead atoms. The largest absolute Gasteiger partial charge is 0.495 e. The Kier molecular flexibility index (Phi) is 7.40. The zero-order valence-electron chi connectivity index (χ0n) is 14.9. The molecule has 0 aliphatic carbocycles. The molecule has 1 atom stereocenters. The molecular weight excluding hydrogens is 463 g/mol. The zero-order valence-corrected chi connectivity index (χ0v) is 18.0. The number of benzene rings is 2. The van der Waals surface area contributed by atoms with Crippen molar-refractivity contribution in [1.29, 1.82) is 0 Å². The number of fused-ring (bicyclic) bond motifs is 1. The first-order chi connectivity index (χ1) is 12.1. The van der Waals surface area contributed by atoms with Crippen LogP contribution in [0.5, 0.6) is 5.75 Å². The van der Waals surface area contributed by atoms with Gasteiger partial charge in [-0.3, -0.25) is 4.99 Å². The summed E-state index contributed by atoms with van der Waals surface area (Å²) in [4.78, 5) is 6.86. The molecule has 7 heteroatoms. The van der Waals surface area contributed by atoms with Gasteiger partial charge in [0.25, 0.3) is 0 Å². The number of ether oxygens (including phenoxy) is 1. The van der Waals surface area contributed by atoms with Crippen LogP contribution >= 0.6 is 35.6 Å². The van der Waals surface area contributed by atoms with E-state index in [1.165, 1.54) is 11.3 Å². The van der Waals surface area contributed by atoms with Crippen LogP contribution in [0, 0.1) is 0 Å². The van der Waals surface area contributed by atoms with Gasteiger partial charge >= 0.3 is 0 Å². The Labute approximate surface area is 176 Å². The monoisotopic (exact) mass is 486 g/mol. The number of nitrogens with zero attached hydrogens (tertiary/aromatic N) is 2. The van der Waals surface area contributed by atoms with Gasteiger partial charge in [0.05, 0.1) is 18.7 Å².